The number of anilines is 3. The first-order valence-electron chi connectivity index (χ1n) is 6.04. The van der Waals surface area contributed by atoms with E-state index in [4.69, 9.17) is 11.6 Å². The average Bonchev–Trinajstić information content (AvgIpc) is 2.43. The maximum Gasteiger partial charge on any atom is 0.347 e. The zero-order valence-corrected chi connectivity index (χ0v) is 11.4. The SMILES string of the molecule is Cc1c(Cl)cccc1N1C(=O)Nc2ccccc2N1O. The van der Waals surface area contributed by atoms with Gasteiger partial charge in [-0.1, -0.05) is 29.8 Å². The molecule has 2 aromatic carbocycles. The molecule has 1 heterocycles. The molecule has 20 heavy (non-hydrogen) atoms. The van der Waals surface area contributed by atoms with Crippen molar-refractivity contribution in [1.29, 1.82) is 0 Å². The highest BCUT2D eigenvalue weighted by molar-refractivity contribution is 6.31. The van der Waals surface area contributed by atoms with Gasteiger partial charge < -0.3 is 5.32 Å². The lowest BCUT2D eigenvalue weighted by molar-refractivity contribution is 0.221. The van der Waals surface area contributed by atoms with Crippen molar-refractivity contribution in [3.05, 3.63) is 53.1 Å². The maximum atomic E-state index is 12.2. The largest absolute Gasteiger partial charge is 0.347 e. The molecule has 2 amide bonds. The molecular formula is C14H12ClN3O2. The summed E-state index contributed by atoms with van der Waals surface area (Å²) in [5, 5.41) is 15.5. The number of hydrazine groups is 1. The third kappa shape index (κ3) is 1.88. The molecule has 2 aromatic rings. The highest BCUT2D eigenvalue weighted by atomic mass is 35.5. The molecule has 6 heteroatoms. The fraction of sp³-hybridized carbons (Fsp3) is 0.0714. The van der Waals surface area contributed by atoms with Crippen molar-refractivity contribution in [2.45, 2.75) is 6.92 Å². The van der Waals surface area contributed by atoms with Crippen molar-refractivity contribution in [2.24, 2.45) is 0 Å². The van der Waals surface area contributed by atoms with E-state index in [9.17, 15) is 10.0 Å². The summed E-state index contributed by atoms with van der Waals surface area (Å²) in [5.41, 5.74) is 2.28. The summed E-state index contributed by atoms with van der Waals surface area (Å²) in [6.45, 7) is 1.79. The van der Waals surface area contributed by atoms with Gasteiger partial charge in [-0.25, -0.2) is 4.79 Å². The number of nitrogens with zero attached hydrogens (tertiary/aromatic N) is 2. The van der Waals surface area contributed by atoms with Gasteiger partial charge in [0, 0.05) is 5.02 Å². The van der Waals surface area contributed by atoms with Crippen LogP contribution in [0.1, 0.15) is 5.56 Å². The molecule has 0 saturated carbocycles. The van der Waals surface area contributed by atoms with Crippen LogP contribution in [0.2, 0.25) is 5.02 Å². The van der Waals surface area contributed by atoms with Crippen molar-refractivity contribution in [1.82, 2.24) is 0 Å². The third-order valence-corrected chi connectivity index (χ3v) is 3.62. The van der Waals surface area contributed by atoms with Gasteiger partial charge in [0.05, 0.1) is 11.4 Å². The van der Waals surface area contributed by atoms with Gasteiger partial charge in [-0.05, 0) is 36.8 Å². The second kappa shape index (κ2) is 4.70. The third-order valence-electron chi connectivity index (χ3n) is 3.21. The van der Waals surface area contributed by atoms with Gasteiger partial charge in [-0.2, -0.15) is 10.2 Å². The number of hydrogen-bond donors (Lipinski definition) is 2. The van der Waals surface area contributed by atoms with Crippen molar-refractivity contribution < 1.29 is 10.0 Å². The number of halogens is 1. The number of rotatable bonds is 1. The fourth-order valence-corrected chi connectivity index (χ4v) is 2.32. The van der Waals surface area contributed by atoms with Crippen LogP contribution in [0.4, 0.5) is 21.9 Å². The van der Waals surface area contributed by atoms with Crippen LogP contribution in [0.25, 0.3) is 0 Å². The van der Waals surface area contributed by atoms with Crippen molar-refractivity contribution in [3.8, 4) is 0 Å². The molecule has 2 N–H and O–H groups in total. The minimum atomic E-state index is -0.448. The number of nitrogens with one attached hydrogen (secondary N) is 1. The first-order valence-corrected chi connectivity index (χ1v) is 6.41. The zero-order valence-electron chi connectivity index (χ0n) is 10.7. The molecule has 0 atom stereocenters. The predicted molar refractivity (Wildman–Crippen MR) is 78.4 cm³/mol. The van der Waals surface area contributed by atoms with E-state index in [0.717, 1.165) is 10.2 Å². The topological polar surface area (TPSA) is 55.8 Å². The van der Waals surface area contributed by atoms with Crippen molar-refractivity contribution >= 4 is 34.7 Å². The van der Waals surface area contributed by atoms with E-state index >= 15 is 0 Å². The molecule has 3 rings (SSSR count). The van der Waals surface area contributed by atoms with Crippen molar-refractivity contribution in [3.63, 3.8) is 0 Å². The summed E-state index contributed by atoms with van der Waals surface area (Å²) in [6.07, 6.45) is 0. The number of fused-ring (bicyclic) bond motifs is 1. The molecule has 102 valence electrons. The van der Waals surface area contributed by atoms with Crippen LogP contribution < -0.4 is 15.5 Å². The number of para-hydroxylation sites is 2. The maximum absolute atomic E-state index is 12.2. The number of hydrogen-bond acceptors (Lipinski definition) is 3. The van der Waals surface area contributed by atoms with Gasteiger partial charge in [0.25, 0.3) is 0 Å². The monoisotopic (exact) mass is 289 g/mol. The Morgan fingerprint density at radius 1 is 1.10 bits per heavy atom. The quantitative estimate of drug-likeness (QED) is 0.839. The van der Waals surface area contributed by atoms with Gasteiger partial charge in [0.2, 0.25) is 0 Å². The van der Waals surface area contributed by atoms with Crippen LogP contribution in [0.3, 0.4) is 0 Å². The Kier molecular flexibility index (Phi) is 3.00. The molecule has 1 aliphatic rings. The molecule has 0 saturated heterocycles. The number of benzene rings is 2. The first-order chi connectivity index (χ1) is 9.59. The number of urea groups is 1. The van der Waals surface area contributed by atoms with E-state index in [-0.39, 0.29) is 0 Å². The Morgan fingerprint density at radius 2 is 1.80 bits per heavy atom. The second-order valence-corrected chi connectivity index (χ2v) is 4.84. The Bertz CT molecular complexity index is 690. The van der Waals surface area contributed by atoms with Gasteiger partial charge >= 0.3 is 6.03 Å². The Morgan fingerprint density at radius 3 is 2.60 bits per heavy atom. The van der Waals surface area contributed by atoms with Crippen LogP contribution in [0.15, 0.2) is 42.5 Å². The average molecular weight is 290 g/mol. The summed E-state index contributed by atoms with van der Waals surface area (Å²) >= 11 is 6.07. The molecule has 0 unspecified atom stereocenters. The van der Waals surface area contributed by atoms with Crippen molar-refractivity contribution in [2.75, 3.05) is 15.5 Å². The summed E-state index contributed by atoms with van der Waals surface area (Å²) in [5.74, 6) is 0. The second-order valence-electron chi connectivity index (χ2n) is 4.43. The lowest BCUT2D eigenvalue weighted by atomic mass is 10.2. The molecule has 1 aliphatic heterocycles. The number of amides is 2. The minimum Gasteiger partial charge on any atom is -0.304 e. The summed E-state index contributed by atoms with van der Waals surface area (Å²) in [4.78, 5) is 12.2. The van der Waals surface area contributed by atoms with Gasteiger partial charge in [0.1, 0.15) is 5.69 Å². The molecular weight excluding hydrogens is 278 g/mol. The predicted octanol–water partition coefficient (Wildman–Crippen LogP) is 3.81. The Hall–Kier alpha value is -2.24. The van der Waals surface area contributed by atoms with Crippen LogP contribution in [-0.4, -0.2) is 11.2 Å². The zero-order chi connectivity index (χ0) is 14.3. The molecule has 0 spiro atoms. The van der Waals surface area contributed by atoms with Crippen LogP contribution in [-0.2, 0) is 0 Å². The Balaban J connectivity index is 2.11. The van der Waals surface area contributed by atoms with E-state index in [1.54, 1.807) is 49.4 Å². The first kappa shape index (κ1) is 12.8. The summed E-state index contributed by atoms with van der Waals surface area (Å²) in [7, 11) is 0. The normalized spacial score (nSPS) is 14.1. The summed E-state index contributed by atoms with van der Waals surface area (Å²) in [6, 6.07) is 11.7. The van der Waals surface area contributed by atoms with E-state index in [2.05, 4.69) is 5.32 Å². The number of carbonyl (C=O) groups excluding carboxylic acids is 1. The lowest BCUT2D eigenvalue weighted by Gasteiger charge is -2.36. The van der Waals surface area contributed by atoms with Gasteiger partial charge in [-0.3, -0.25) is 5.21 Å². The van der Waals surface area contributed by atoms with E-state index in [1.165, 1.54) is 0 Å². The van der Waals surface area contributed by atoms with Crippen LogP contribution in [0, 0.1) is 6.92 Å². The molecule has 0 aromatic heterocycles. The highest BCUT2D eigenvalue weighted by Crippen LogP contribution is 2.35. The number of carbonyl (C=O) groups is 1. The molecule has 0 fully saturated rings. The van der Waals surface area contributed by atoms with E-state index in [1.807, 2.05) is 0 Å². The van der Waals surface area contributed by atoms with E-state index in [0.29, 0.717) is 27.6 Å². The molecule has 0 aliphatic carbocycles. The molecule has 0 bridgehead atoms. The fourth-order valence-electron chi connectivity index (χ4n) is 2.15. The molecule has 5 nitrogen and oxygen atoms in total. The minimum absolute atomic E-state index is 0.448. The Labute approximate surface area is 120 Å². The van der Waals surface area contributed by atoms with Gasteiger partial charge in [-0.15, -0.1) is 0 Å². The standard InChI is InChI=1S/C14H12ClN3O2/c1-9-10(15)5-4-8-12(9)17-14(19)16-11-6-2-3-7-13(11)18(17)20/h2-8,20H,1H3,(H,16,19). The highest BCUT2D eigenvalue weighted by Gasteiger charge is 2.31. The van der Waals surface area contributed by atoms with Crippen LogP contribution in [0.5, 0.6) is 0 Å². The lowest BCUT2D eigenvalue weighted by Crippen LogP contribution is -2.51. The van der Waals surface area contributed by atoms with Gasteiger partial charge in [0.15, 0.2) is 0 Å². The smallest absolute Gasteiger partial charge is 0.304 e. The summed E-state index contributed by atoms with van der Waals surface area (Å²) < 4.78 is 0. The molecule has 0 radical (unpaired) electrons. The van der Waals surface area contributed by atoms with Crippen LogP contribution >= 0.6 is 11.6 Å². The van der Waals surface area contributed by atoms with E-state index < -0.39 is 6.03 Å².